The Kier molecular flexibility index (Phi) is 5.83. The summed E-state index contributed by atoms with van der Waals surface area (Å²) in [6.07, 6.45) is 8.32. The Labute approximate surface area is 158 Å². The molecule has 0 saturated carbocycles. The molecule has 0 aromatic carbocycles. The Morgan fingerprint density at radius 3 is 2.23 bits per heavy atom. The lowest BCUT2D eigenvalue weighted by molar-refractivity contribution is 0.259. The maximum Gasteiger partial charge on any atom is 0.316 e. The van der Waals surface area contributed by atoms with E-state index in [9.17, 15) is 4.79 Å². The predicted octanol–water partition coefficient (Wildman–Crippen LogP) is 2.98. The molecule has 8 heteroatoms. The third kappa shape index (κ3) is 4.02. The molecule has 0 fully saturated rings. The van der Waals surface area contributed by atoms with Crippen LogP contribution < -0.4 is 16.2 Å². The fourth-order valence-corrected chi connectivity index (χ4v) is 3.81. The largest absolute Gasteiger partial charge is 0.351 e. The minimum atomic E-state index is -0.464. The van der Waals surface area contributed by atoms with E-state index in [1.165, 1.54) is 34.5 Å². The predicted molar refractivity (Wildman–Crippen MR) is 104 cm³/mol. The molecule has 0 spiro atoms. The number of nitrogens with one attached hydrogen (secondary N) is 1. The second-order valence-corrected chi connectivity index (χ2v) is 7.53. The Hall–Kier alpha value is -2.06. The number of anilines is 1. The van der Waals surface area contributed by atoms with Crippen LogP contribution in [0.4, 0.5) is 10.5 Å². The molecule has 2 amide bonds. The molecule has 0 saturated heterocycles. The number of nitrogens with zero attached hydrogens (tertiary/aromatic N) is 3. The van der Waals surface area contributed by atoms with Gasteiger partial charge in [0.05, 0.1) is 5.69 Å². The van der Waals surface area contributed by atoms with Crippen LogP contribution in [0.25, 0.3) is 0 Å². The molecule has 0 unspecified atom stereocenters. The lowest BCUT2D eigenvalue weighted by atomic mass is 10.1. The van der Waals surface area contributed by atoms with Crippen LogP contribution in [-0.4, -0.2) is 20.8 Å². The van der Waals surface area contributed by atoms with Crippen molar-refractivity contribution >= 4 is 23.7 Å². The summed E-state index contributed by atoms with van der Waals surface area (Å²) in [7, 11) is 0. The summed E-state index contributed by atoms with van der Waals surface area (Å²) in [5.74, 6) is 0. The van der Waals surface area contributed by atoms with E-state index in [-0.39, 0.29) is 0 Å². The summed E-state index contributed by atoms with van der Waals surface area (Å²) in [4.78, 5) is 15.8. The Morgan fingerprint density at radius 1 is 1.19 bits per heavy atom. The van der Waals surface area contributed by atoms with Crippen LogP contribution >= 0.6 is 11.9 Å². The number of hydrogen-bond donors (Lipinski definition) is 3. The van der Waals surface area contributed by atoms with Crippen LogP contribution in [-0.2, 0) is 25.7 Å². The third-order valence-electron chi connectivity index (χ3n) is 4.73. The number of aromatic nitrogens is 3. The molecule has 2 aromatic heterocycles. The summed E-state index contributed by atoms with van der Waals surface area (Å²) < 4.78 is 1.88. The van der Waals surface area contributed by atoms with E-state index in [0.717, 1.165) is 49.2 Å². The standard InChI is InChI=1S/C12H15N3O.C6H11N3S/c13-12(16)15-11-7-3-1-5-9(7)14-10-6-2-4-8(10)11;1-5(2)9-4-3-6(8-9)10-7/h1-6H2,(H3,13,14,15,16);3-5H,7H2,1-2H3. The van der Waals surface area contributed by atoms with Crippen molar-refractivity contribution in [2.24, 2.45) is 10.9 Å². The highest BCUT2D eigenvalue weighted by atomic mass is 32.2. The number of carbonyl (C=O) groups excluding carboxylic acids is 1. The van der Waals surface area contributed by atoms with Gasteiger partial charge in [0.25, 0.3) is 0 Å². The molecule has 0 atom stereocenters. The van der Waals surface area contributed by atoms with E-state index in [1.54, 1.807) is 0 Å². The Morgan fingerprint density at radius 2 is 1.81 bits per heavy atom. The monoisotopic (exact) mass is 374 g/mol. The minimum Gasteiger partial charge on any atom is -0.351 e. The zero-order valence-electron chi connectivity index (χ0n) is 15.3. The number of hydrogen-bond acceptors (Lipinski definition) is 5. The number of urea groups is 1. The van der Waals surface area contributed by atoms with Crippen LogP contribution in [0.5, 0.6) is 0 Å². The number of nitrogens with two attached hydrogens (primary N) is 2. The van der Waals surface area contributed by atoms with Gasteiger partial charge in [-0.2, -0.15) is 5.10 Å². The van der Waals surface area contributed by atoms with Gasteiger partial charge in [-0.15, -0.1) is 0 Å². The summed E-state index contributed by atoms with van der Waals surface area (Å²) in [5, 5.41) is 13.2. The maximum absolute atomic E-state index is 11.1. The van der Waals surface area contributed by atoms with Gasteiger partial charge in [-0.05, 0) is 81.5 Å². The Balaban J connectivity index is 0.000000170. The van der Waals surface area contributed by atoms with Crippen LogP contribution in [0.15, 0.2) is 17.3 Å². The van der Waals surface area contributed by atoms with E-state index in [1.807, 2.05) is 16.9 Å². The first-order chi connectivity index (χ1) is 12.5. The molecular weight excluding hydrogens is 348 g/mol. The average Bonchev–Trinajstić information content (AvgIpc) is 3.34. The van der Waals surface area contributed by atoms with Crippen molar-refractivity contribution in [2.45, 2.75) is 63.4 Å². The van der Waals surface area contributed by atoms with Crippen molar-refractivity contribution in [3.05, 3.63) is 34.8 Å². The minimum absolute atomic E-state index is 0.417. The molecule has 7 nitrogen and oxygen atoms in total. The molecule has 2 heterocycles. The Bertz CT molecular complexity index is 769. The molecule has 0 aliphatic heterocycles. The normalized spacial score (nSPS) is 14.6. The van der Waals surface area contributed by atoms with Gasteiger partial charge >= 0.3 is 6.03 Å². The van der Waals surface area contributed by atoms with Crippen LogP contribution in [0.2, 0.25) is 0 Å². The van der Waals surface area contributed by atoms with Crippen LogP contribution in [0.3, 0.4) is 0 Å². The third-order valence-corrected chi connectivity index (χ3v) is 5.19. The molecule has 2 aliphatic carbocycles. The zero-order chi connectivity index (χ0) is 18.7. The van der Waals surface area contributed by atoms with Crippen molar-refractivity contribution in [3.8, 4) is 0 Å². The fraction of sp³-hybridized carbons (Fsp3) is 0.500. The average molecular weight is 375 g/mol. The van der Waals surface area contributed by atoms with Crippen molar-refractivity contribution in [1.29, 1.82) is 0 Å². The SMILES string of the molecule is CC(C)n1ccc(SN)n1.NC(=O)Nc1c2c(nc3c1CCC3)CCC2. The smallest absolute Gasteiger partial charge is 0.316 e. The molecule has 4 rings (SSSR count). The van der Waals surface area contributed by atoms with Crippen molar-refractivity contribution in [2.75, 3.05) is 5.32 Å². The number of pyridine rings is 1. The first-order valence-corrected chi connectivity index (χ1v) is 9.89. The highest BCUT2D eigenvalue weighted by Crippen LogP contribution is 2.36. The topological polar surface area (TPSA) is 112 Å². The van der Waals surface area contributed by atoms with Crippen molar-refractivity contribution < 1.29 is 4.79 Å². The van der Waals surface area contributed by atoms with Gasteiger partial charge in [0, 0.05) is 23.6 Å². The second kappa shape index (κ2) is 8.09. The maximum atomic E-state index is 11.1. The van der Waals surface area contributed by atoms with Gasteiger partial charge in [0.1, 0.15) is 5.03 Å². The lowest BCUT2D eigenvalue weighted by Gasteiger charge is -2.13. The molecule has 5 N–H and O–H groups in total. The van der Waals surface area contributed by atoms with Gasteiger partial charge in [0.15, 0.2) is 0 Å². The number of fused-ring (bicyclic) bond motifs is 2. The van der Waals surface area contributed by atoms with Crippen molar-refractivity contribution in [1.82, 2.24) is 14.8 Å². The van der Waals surface area contributed by atoms with Gasteiger partial charge in [-0.25, -0.2) is 4.79 Å². The molecule has 0 radical (unpaired) electrons. The van der Waals surface area contributed by atoms with E-state index in [0.29, 0.717) is 6.04 Å². The molecule has 26 heavy (non-hydrogen) atoms. The molecule has 140 valence electrons. The molecule has 2 aliphatic rings. The van der Waals surface area contributed by atoms with Gasteiger partial charge in [-0.1, -0.05) is 0 Å². The first kappa shape index (κ1) is 18.7. The van der Waals surface area contributed by atoms with Crippen LogP contribution in [0, 0.1) is 0 Å². The molecule has 0 bridgehead atoms. The first-order valence-electron chi connectivity index (χ1n) is 9.01. The van der Waals surface area contributed by atoms with Gasteiger partial charge in [0.2, 0.25) is 0 Å². The van der Waals surface area contributed by atoms with Gasteiger partial charge < -0.3 is 11.1 Å². The number of rotatable bonds is 3. The number of amides is 2. The van der Waals surface area contributed by atoms with E-state index >= 15 is 0 Å². The number of primary amides is 1. The van der Waals surface area contributed by atoms with E-state index in [2.05, 4.69) is 24.3 Å². The van der Waals surface area contributed by atoms with Crippen LogP contribution in [0.1, 0.15) is 55.2 Å². The van der Waals surface area contributed by atoms with Crippen molar-refractivity contribution in [3.63, 3.8) is 0 Å². The highest BCUT2D eigenvalue weighted by molar-refractivity contribution is 7.97. The summed E-state index contributed by atoms with van der Waals surface area (Å²) in [5.41, 5.74) is 11.0. The molecular formula is C18H26N6OS. The number of carbonyl (C=O) groups is 1. The van der Waals surface area contributed by atoms with Gasteiger partial charge in [-0.3, -0.25) is 14.8 Å². The summed E-state index contributed by atoms with van der Waals surface area (Å²) >= 11 is 1.18. The highest BCUT2D eigenvalue weighted by Gasteiger charge is 2.25. The zero-order valence-corrected chi connectivity index (χ0v) is 16.1. The van der Waals surface area contributed by atoms with E-state index < -0.39 is 6.03 Å². The summed E-state index contributed by atoms with van der Waals surface area (Å²) in [6, 6.07) is 1.86. The second-order valence-electron chi connectivity index (χ2n) is 6.88. The number of aryl methyl sites for hydroxylation is 2. The summed E-state index contributed by atoms with van der Waals surface area (Å²) in [6.45, 7) is 4.16. The quantitative estimate of drug-likeness (QED) is 0.715. The molecule has 2 aromatic rings. The lowest BCUT2D eigenvalue weighted by Crippen LogP contribution is -2.21. The fourth-order valence-electron chi connectivity index (χ4n) is 3.53. The van der Waals surface area contributed by atoms with E-state index in [4.69, 9.17) is 15.9 Å².